The highest BCUT2D eigenvalue weighted by Crippen LogP contribution is 2.10. The number of hydrogen-bond donors (Lipinski definition) is 0. The Labute approximate surface area is 71.5 Å². The van der Waals surface area contributed by atoms with Gasteiger partial charge in [0.15, 0.2) is 0 Å². The maximum atomic E-state index is 5.82. The fourth-order valence-electron chi connectivity index (χ4n) is 0.561. The minimum Gasteiger partial charge on any atom is -0.127 e. The predicted octanol–water partition coefficient (Wildman–Crippen LogP) is 3.24. The van der Waals surface area contributed by atoms with Gasteiger partial charge in [-0.15, -0.1) is 34.8 Å². The van der Waals surface area contributed by atoms with E-state index in [1.54, 1.807) is 0 Å². The second kappa shape index (κ2) is 6.98. The van der Waals surface area contributed by atoms with E-state index in [0.717, 1.165) is 19.3 Å². The summed E-state index contributed by atoms with van der Waals surface area (Å²) in [4.78, 5) is 0. The largest absolute Gasteiger partial charge is 0.127 e. The molecule has 0 bridgehead atoms. The fraction of sp³-hybridized carbons (Fsp3) is 1.00. The van der Waals surface area contributed by atoms with E-state index in [4.69, 9.17) is 34.8 Å². The smallest absolute Gasteiger partial charge is 0.0347 e. The Morgan fingerprint density at radius 3 is 2.11 bits per heavy atom. The lowest BCUT2D eigenvalue weighted by Gasteiger charge is -2.03. The van der Waals surface area contributed by atoms with Crippen molar-refractivity contribution < 1.29 is 0 Å². The molecular weight excluding hydrogens is 178 g/mol. The van der Waals surface area contributed by atoms with Crippen LogP contribution in [0.4, 0.5) is 0 Å². The van der Waals surface area contributed by atoms with Crippen molar-refractivity contribution in [3.05, 3.63) is 0 Å². The molecule has 0 heterocycles. The molecule has 0 spiro atoms. The first-order valence-corrected chi connectivity index (χ1v) is 4.57. The Bertz CT molecular complexity index is 56.3. The maximum absolute atomic E-state index is 5.82. The van der Waals surface area contributed by atoms with Crippen LogP contribution in [0.25, 0.3) is 0 Å². The highest BCUT2D eigenvalue weighted by atomic mass is 35.5. The van der Waals surface area contributed by atoms with Crippen LogP contribution in [0.3, 0.4) is 0 Å². The van der Waals surface area contributed by atoms with Crippen LogP contribution >= 0.6 is 34.8 Å². The fourth-order valence-corrected chi connectivity index (χ4v) is 1.35. The van der Waals surface area contributed by atoms with Crippen LogP contribution in [-0.2, 0) is 0 Å². The molecule has 0 aliphatic carbocycles. The summed E-state index contributed by atoms with van der Waals surface area (Å²) in [5, 5.41) is 0.223. The molecule has 0 saturated heterocycles. The molecule has 0 radical (unpaired) electrons. The van der Waals surface area contributed by atoms with Crippen molar-refractivity contribution in [2.75, 3.05) is 11.8 Å². The molecule has 0 nitrogen and oxygen atoms in total. The molecule has 0 rings (SSSR count). The molecule has 0 aromatic rings. The summed E-state index contributed by atoms with van der Waals surface area (Å²) >= 11 is 16.7. The lowest BCUT2D eigenvalue weighted by atomic mass is 10.2. The van der Waals surface area contributed by atoms with Crippen molar-refractivity contribution in [2.45, 2.75) is 24.6 Å². The monoisotopic (exact) mass is 188 g/mol. The molecule has 9 heavy (non-hydrogen) atoms. The zero-order valence-electron chi connectivity index (χ0n) is 5.25. The van der Waals surface area contributed by atoms with Gasteiger partial charge in [-0.25, -0.2) is 0 Å². The third-order valence-electron chi connectivity index (χ3n) is 1.07. The van der Waals surface area contributed by atoms with E-state index in [0.29, 0.717) is 11.8 Å². The van der Waals surface area contributed by atoms with Crippen LogP contribution in [0.1, 0.15) is 19.3 Å². The number of hydrogen-bond acceptors (Lipinski definition) is 0. The van der Waals surface area contributed by atoms with E-state index < -0.39 is 0 Å². The van der Waals surface area contributed by atoms with E-state index in [-0.39, 0.29) is 5.38 Å². The number of rotatable bonds is 5. The average Bonchev–Trinajstić information content (AvgIpc) is 1.85. The number of alkyl halides is 3. The van der Waals surface area contributed by atoms with Crippen LogP contribution in [0.2, 0.25) is 0 Å². The van der Waals surface area contributed by atoms with Gasteiger partial charge in [0.05, 0.1) is 0 Å². The van der Waals surface area contributed by atoms with E-state index in [2.05, 4.69) is 0 Å². The standard InChI is InChI=1S/C6H11Cl3/c7-4-1-2-6(9)3-5-8/h6H,1-5H2. The van der Waals surface area contributed by atoms with Crippen LogP contribution in [0, 0.1) is 0 Å². The normalized spacial score (nSPS) is 13.7. The SMILES string of the molecule is ClCCCC(Cl)CCCl. The molecular formula is C6H11Cl3. The van der Waals surface area contributed by atoms with Gasteiger partial charge in [0, 0.05) is 17.1 Å². The second-order valence-corrected chi connectivity index (χ2v) is 3.28. The summed E-state index contributed by atoms with van der Waals surface area (Å²) in [6.45, 7) is 0. The summed E-state index contributed by atoms with van der Waals surface area (Å²) in [5.41, 5.74) is 0. The summed E-state index contributed by atoms with van der Waals surface area (Å²) in [6.07, 6.45) is 2.87. The minimum absolute atomic E-state index is 0.223. The molecule has 0 aliphatic heterocycles. The van der Waals surface area contributed by atoms with Gasteiger partial charge >= 0.3 is 0 Å². The lowest BCUT2D eigenvalue weighted by molar-refractivity contribution is 0.717. The van der Waals surface area contributed by atoms with Crippen molar-refractivity contribution in [1.82, 2.24) is 0 Å². The van der Waals surface area contributed by atoms with Gasteiger partial charge in [0.25, 0.3) is 0 Å². The third kappa shape index (κ3) is 6.76. The molecule has 0 amide bonds. The zero-order chi connectivity index (χ0) is 7.11. The molecule has 0 saturated carbocycles. The van der Waals surface area contributed by atoms with Crippen molar-refractivity contribution in [1.29, 1.82) is 0 Å². The average molecular weight is 190 g/mol. The van der Waals surface area contributed by atoms with Gasteiger partial charge in [-0.2, -0.15) is 0 Å². The summed E-state index contributed by atoms with van der Waals surface area (Å²) in [6, 6.07) is 0. The number of halogens is 3. The molecule has 0 fully saturated rings. The third-order valence-corrected chi connectivity index (χ3v) is 2.00. The first-order valence-electron chi connectivity index (χ1n) is 3.07. The molecule has 3 heteroatoms. The van der Waals surface area contributed by atoms with E-state index >= 15 is 0 Å². The Kier molecular flexibility index (Phi) is 7.66. The highest BCUT2D eigenvalue weighted by molar-refractivity contribution is 6.22. The van der Waals surface area contributed by atoms with Gasteiger partial charge < -0.3 is 0 Å². The molecule has 0 aromatic heterocycles. The van der Waals surface area contributed by atoms with Gasteiger partial charge in [-0.1, -0.05) is 0 Å². The Morgan fingerprint density at radius 2 is 1.67 bits per heavy atom. The predicted molar refractivity (Wildman–Crippen MR) is 44.9 cm³/mol. The van der Waals surface area contributed by atoms with Crippen molar-refractivity contribution in [3.63, 3.8) is 0 Å². The Balaban J connectivity index is 2.95. The highest BCUT2D eigenvalue weighted by Gasteiger charge is 2.01. The Hall–Kier alpha value is 0.870. The summed E-state index contributed by atoms with van der Waals surface area (Å²) < 4.78 is 0. The second-order valence-electron chi connectivity index (χ2n) is 1.91. The first kappa shape index (κ1) is 9.87. The molecule has 0 N–H and O–H groups in total. The van der Waals surface area contributed by atoms with Crippen molar-refractivity contribution in [2.24, 2.45) is 0 Å². The van der Waals surface area contributed by atoms with E-state index in [1.165, 1.54) is 0 Å². The molecule has 0 aromatic carbocycles. The van der Waals surface area contributed by atoms with Crippen molar-refractivity contribution in [3.8, 4) is 0 Å². The van der Waals surface area contributed by atoms with E-state index in [1.807, 2.05) is 0 Å². The van der Waals surface area contributed by atoms with Crippen LogP contribution < -0.4 is 0 Å². The zero-order valence-corrected chi connectivity index (χ0v) is 7.51. The van der Waals surface area contributed by atoms with Gasteiger partial charge in [-0.05, 0) is 19.3 Å². The van der Waals surface area contributed by atoms with Gasteiger partial charge in [-0.3, -0.25) is 0 Å². The molecule has 56 valence electrons. The lowest BCUT2D eigenvalue weighted by Crippen LogP contribution is -1.98. The van der Waals surface area contributed by atoms with Gasteiger partial charge in [0.2, 0.25) is 0 Å². The summed E-state index contributed by atoms with van der Waals surface area (Å²) in [5.74, 6) is 1.35. The molecule has 1 unspecified atom stereocenters. The first-order chi connectivity index (χ1) is 4.31. The van der Waals surface area contributed by atoms with E-state index in [9.17, 15) is 0 Å². The minimum atomic E-state index is 0.223. The quantitative estimate of drug-likeness (QED) is 0.583. The summed E-state index contributed by atoms with van der Waals surface area (Å²) in [7, 11) is 0. The Morgan fingerprint density at radius 1 is 1.00 bits per heavy atom. The van der Waals surface area contributed by atoms with Gasteiger partial charge in [0.1, 0.15) is 0 Å². The van der Waals surface area contributed by atoms with Crippen molar-refractivity contribution >= 4 is 34.8 Å². The molecule has 1 atom stereocenters. The molecule has 0 aliphatic rings. The van der Waals surface area contributed by atoms with Crippen LogP contribution in [0.5, 0.6) is 0 Å². The van der Waals surface area contributed by atoms with Crippen LogP contribution in [-0.4, -0.2) is 17.1 Å². The van der Waals surface area contributed by atoms with Crippen LogP contribution in [0.15, 0.2) is 0 Å². The topological polar surface area (TPSA) is 0 Å². The maximum Gasteiger partial charge on any atom is 0.0347 e.